The van der Waals surface area contributed by atoms with Crippen LogP contribution >= 0.6 is 11.3 Å². The Morgan fingerprint density at radius 3 is 2.58 bits per heavy atom. The molecule has 0 aliphatic carbocycles. The zero-order valence-corrected chi connectivity index (χ0v) is 18.1. The normalized spacial score (nSPS) is 14.7. The maximum atomic E-state index is 13.0. The molecule has 162 valence electrons. The molecule has 9 heteroatoms. The monoisotopic (exact) mass is 443 g/mol. The van der Waals surface area contributed by atoms with E-state index in [0.29, 0.717) is 47.5 Å². The Balaban J connectivity index is 1.33. The number of aromatic nitrogens is 2. The smallest absolute Gasteiger partial charge is 0.309 e. The zero-order valence-electron chi connectivity index (χ0n) is 17.2. The molecule has 0 unspecified atom stereocenters. The molecule has 1 aromatic carbocycles. The number of hydrogen-bond acceptors (Lipinski definition) is 6. The number of thiophene rings is 1. The molecule has 0 spiro atoms. The van der Waals surface area contributed by atoms with E-state index in [1.54, 1.807) is 4.90 Å². The topological polar surface area (TPSA) is 92.4 Å². The van der Waals surface area contributed by atoms with Gasteiger partial charge in [0.1, 0.15) is 23.1 Å². The van der Waals surface area contributed by atoms with Gasteiger partial charge >= 0.3 is 5.97 Å². The molecule has 1 aliphatic rings. The fourth-order valence-electron chi connectivity index (χ4n) is 3.72. The van der Waals surface area contributed by atoms with Crippen LogP contribution in [0.4, 0.5) is 4.39 Å². The lowest BCUT2D eigenvalue weighted by molar-refractivity contribution is -0.151. The van der Waals surface area contributed by atoms with Gasteiger partial charge in [0.15, 0.2) is 0 Å². The highest BCUT2D eigenvalue weighted by Crippen LogP contribution is 2.26. The van der Waals surface area contributed by atoms with Crippen LogP contribution in [0.3, 0.4) is 0 Å². The predicted molar refractivity (Wildman–Crippen MR) is 115 cm³/mol. The highest BCUT2D eigenvalue weighted by atomic mass is 32.1. The number of carbonyl (C=O) groups excluding carboxylic acids is 2. The zero-order chi connectivity index (χ0) is 22.1. The van der Waals surface area contributed by atoms with E-state index < -0.39 is 5.82 Å². The van der Waals surface area contributed by atoms with Gasteiger partial charge in [-0.2, -0.15) is 0 Å². The van der Waals surface area contributed by atoms with Crippen molar-refractivity contribution in [3.8, 4) is 0 Å². The maximum absolute atomic E-state index is 13.0. The first-order valence-electron chi connectivity index (χ1n) is 10.0. The van der Waals surface area contributed by atoms with Crippen molar-refractivity contribution in [1.82, 2.24) is 14.9 Å². The Bertz CT molecular complexity index is 1190. The van der Waals surface area contributed by atoms with Crippen molar-refractivity contribution >= 4 is 33.4 Å². The standard InChI is InChI=1S/C22H22FN3O4S/c1-12-13(2)31-20-18(12)19(27)24-17(25-20)11-30-22(29)15-7-9-26(10-8-15)21(28)14-3-5-16(23)6-4-14/h3-6,15H,7-11H2,1-2H3,(H,24,25,27). The van der Waals surface area contributed by atoms with Crippen LogP contribution < -0.4 is 5.56 Å². The average molecular weight is 444 g/mol. The van der Waals surface area contributed by atoms with Gasteiger partial charge in [0, 0.05) is 23.5 Å². The second kappa shape index (κ2) is 8.58. The van der Waals surface area contributed by atoms with Crippen LogP contribution in [-0.2, 0) is 16.1 Å². The Morgan fingerprint density at radius 2 is 1.90 bits per heavy atom. The minimum atomic E-state index is -0.391. The highest BCUT2D eigenvalue weighted by Gasteiger charge is 2.29. The van der Waals surface area contributed by atoms with Gasteiger partial charge in [-0.15, -0.1) is 11.3 Å². The van der Waals surface area contributed by atoms with Gasteiger partial charge in [-0.25, -0.2) is 9.37 Å². The summed E-state index contributed by atoms with van der Waals surface area (Å²) in [4.78, 5) is 47.7. The van der Waals surface area contributed by atoms with Crippen molar-refractivity contribution in [2.45, 2.75) is 33.3 Å². The van der Waals surface area contributed by atoms with E-state index in [9.17, 15) is 18.8 Å². The number of nitrogens with zero attached hydrogens (tertiary/aromatic N) is 2. The molecule has 4 rings (SSSR count). The van der Waals surface area contributed by atoms with Crippen molar-refractivity contribution in [2.24, 2.45) is 5.92 Å². The number of esters is 1. The van der Waals surface area contributed by atoms with Gasteiger partial charge in [0.2, 0.25) is 0 Å². The number of piperidine rings is 1. The van der Waals surface area contributed by atoms with E-state index in [1.807, 2.05) is 13.8 Å². The number of likely N-dealkylation sites (tertiary alicyclic amines) is 1. The van der Waals surface area contributed by atoms with Crippen LogP contribution in [0, 0.1) is 25.6 Å². The highest BCUT2D eigenvalue weighted by molar-refractivity contribution is 7.18. The van der Waals surface area contributed by atoms with E-state index in [0.717, 1.165) is 10.4 Å². The van der Waals surface area contributed by atoms with Crippen molar-refractivity contribution in [3.05, 3.63) is 62.3 Å². The molecule has 0 atom stereocenters. The van der Waals surface area contributed by atoms with Gasteiger partial charge in [0.05, 0.1) is 11.3 Å². The summed E-state index contributed by atoms with van der Waals surface area (Å²) in [7, 11) is 0. The van der Waals surface area contributed by atoms with Crippen LogP contribution in [0.2, 0.25) is 0 Å². The lowest BCUT2D eigenvalue weighted by Crippen LogP contribution is -2.40. The van der Waals surface area contributed by atoms with Crippen LogP contribution in [-0.4, -0.2) is 39.8 Å². The number of amides is 1. The lowest BCUT2D eigenvalue weighted by Gasteiger charge is -2.31. The average Bonchev–Trinajstić information content (AvgIpc) is 3.06. The number of rotatable bonds is 4. The van der Waals surface area contributed by atoms with Gasteiger partial charge in [0.25, 0.3) is 11.5 Å². The summed E-state index contributed by atoms with van der Waals surface area (Å²) in [6.45, 7) is 4.57. The summed E-state index contributed by atoms with van der Waals surface area (Å²) in [5.74, 6) is -0.939. The van der Waals surface area contributed by atoms with Crippen LogP contribution in [0.15, 0.2) is 29.1 Å². The second-order valence-corrected chi connectivity index (χ2v) is 8.86. The first kappa shape index (κ1) is 21.2. The molecule has 1 amide bonds. The Labute approximate surface area is 181 Å². The van der Waals surface area contributed by atoms with E-state index in [-0.39, 0.29) is 30.0 Å². The Morgan fingerprint density at radius 1 is 1.23 bits per heavy atom. The summed E-state index contributed by atoms with van der Waals surface area (Å²) in [6.07, 6.45) is 0.968. The van der Waals surface area contributed by atoms with Crippen LogP contribution in [0.1, 0.15) is 39.5 Å². The van der Waals surface area contributed by atoms with Crippen molar-refractivity contribution in [2.75, 3.05) is 13.1 Å². The summed E-state index contributed by atoms with van der Waals surface area (Å²) < 4.78 is 18.4. The lowest BCUT2D eigenvalue weighted by atomic mass is 9.96. The fraction of sp³-hybridized carbons (Fsp3) is 0.364. The number of ether oxygens (including phenoxy) is 1. The number of halogens is 1. The van der Waals surface area contributed by atoms with Gasteiger partial charge < -0.3 is 14.6 Å². The number of aromatic amines is 1. The first-order valence-corrected chi connectivity index (χ1v) is 10.9. The number of nitrogens with one attached hydrogen (secondary N) is 1. The van der Waals surface area contributed by atoms with E-state index in [4.69, 9.17) is 4.74 Å². The number of carbonyl (C=O) groups is 2. The molecule has 31 heavy (non-hydrogen) atoms. The number of aryl methyl sites for hydroxylation is 2. The largest absolute Gasteiger partial charge is 0.457 e. The molecule has 7 nitrogen and oxygen atoms in total. The molecule has 1 saturated heterocycles. The third-order valence-corrected chi connectivity index (χ3v) is 6.75. The number of fused-ring (bicyclic) bond motifs is 1. The number of H-pyrrole nitrogens is 1. The van der Waals surface area contributed by atoms with Crippen LogP contribution in [0.25, 0.3) is 10.2 Å². The summed E-state index contributed by atoms with van der Waals surface area (Å²) in [5.41, 5.74) is 1.11. The molecular formula is C22H22FN3O4S. The molecule has 1 aliphatic heterocycles. The molecule has 0 bridgehead atoms. The fourth-order valence-corrected chi connectivity index (χ4v) is 4.77. The number of benzene rings is 1. The van der Waals surface area contributed by atoms with Gasteiger partial charge in [-0.05, 0) is 56.5 Å². The predicted octanol–water partition coefficient (Wildman–Crippen LogP) is 3.34. The molecule has 2 aromatic heterocycles. The van der Waals surface area contributed by atoms with E-state index in [2.05, 4.69) is 9.97 Å². The Kier molecular flexibility index (Phi) is 5.86. The number of hydrogen-bond donors (Lipinski definition) is 1. The summed E-state index contributed by atoms with van der Waals surface area (Å²) >= 11 is 1.44. The second-order valence-electron chi connectivity index (χ2n) is 7.66. The van der Waals surface area contributed by atoms with E-state index in [1.165, 1.54) is 35.6 Å². The maximum Gasteiger partial charge on any atom is 0.309 e. The molecule has 0 saturated carbocycles. The summed E-state index contributed by atoms with van der Waals surface area (Å²) in [5, 5.41) is 0.579. The molecule has 3 aromatic rings. The molecular weight excluding hydrogens is 421 g/mol. The SMILES string of the molecule is Cc1sc2nc(COC(=O)C3CCN(C(=O)c4ccc(F)cc4)CC3)[nH]c(=O)c2c1C. The third-order valence-electron chi connectivity index (χ3n) is 5.65. The quantitative estimate of drug-likeness (QED) is 0.625. The minimum Gasteiger partial charge on any atom is -0.457 e. The first-order chi connectivity index (χ1) is 14.8. The minimum absolute atomic E-state index is 0.102. The Hall–Kier alpha value is -3.07. The van der Waals surface area contributed by atoms with Gasteiger partial charge in [-0.3, -0.25) is 14.4 Å². The van der Waals surface area contributed by atoms with E-state index >= 15 is 0 Å². The van der Waals surface area contributed by atoms with Crippen molar-refractivity contribution in [3.63, 3.8) is 0 Å². The summed E-state index contributed by atoms with van der Waals surface area (Å²) in [6, 6.07) is 5.43. The van der Waals surface area contributed by atoms with Crippen molar-refractivity contribution in [1.29, 1.82) is 0 Å². The van der Waals surface area contributed by atoms with Crippen molar-refractivity contribution < 1.29 is 18.7 Å². The molecule has 1 fully saturated rings. The molecule has 1 N–H and O–H groups in total. The van der Waals surface area contributed by atoms with Crippen LogP contribution in [0.5, 0.6) is 0 Å². The molecule has 3 heterocycles. The van der Waals surface area contributed by atoms with Gasteiger partial charge in [-0.1, -0.05) is 0 Å². The molecule has 0 radical (unpaired) electrons. The third kappa shape index (κ3) is 4.36.